The first-order valence-corrected chi connectivity index (χ1v) is 7.19. The topological polar surface area (TPSA) is 83.0 Å². The number of aryl methyl sites for hydroxylation is 1. The number of aromatic nitrogens is 2. The van der Waals surface area contributed by atoms with Crippen LogP contribution in [0, 0.1) is 18.3 Å². The number of carbonyl (C=O) groups excluding carboxylic acids is 1. The number of likely N-dealkylation sites (tertiary alicyclic amines) is 1. The van der Waals surface area contributed by atoms with E-state index in [1.165, 1.54) is 0 Å². The van der Waals surface area contributed by atoms with Crippen molar-refractivity contribution in [3.8, 4) is 6.07 Å². The van der Waals surface area contributed by atoms with E-state index < -0.39 is 0 Å². The van der Waals surface area contributed by atoms with E-state index in [-0.39, 0.29) is 24.2 Å². The molecule has 1 aliphatic rings. The fraction of sp³-hybridized carbons (Fsp3) is 0.375. The molecular formula is C16H16N4O2. The molecule has 1 aromatic carbocycles. The van der Waals surface area contributed by atoms with E-state index in [0.29, 0.717) is 24.8 Å². The molecule has 6 nitrogen and oxygen atoms in total. The van der Waals surface area contributed by atoms with Crippen LogP contribution in [0.25, 0.3) is 0 Å². The van der Waals surface area contributed by atoms with Gasteiger partial charge >= 0.3 is 0 Å². The van der Waals surface area contributed by atoms with Crippen LogP contribution in [0.15, 0.2) is 34.9 Å². The maximum Gasteiger partial charge on any atom is 0.236 e. The lowest BCUT2D eigenvalue weighted by Crippen LogP contribution is -2.28. The van der Waals surface area contributed by atoms with Crippen LogP contribution in [-0.2, 0) is 4.79 Å². The number of nitrogens with zero attached hydrogens (tertiary/aromatic N) is 4. The summed E-state index contributed by atoms with van der Waals surface area (Å²) in [5, 5.41) is 12.6. The first-order chi connectivity index (χ1) is 10.7. The van der Waals surface area contributed by atoms with Crippen molar-refractivity contribution >= 4 is 5.91 Å². The van der Waals surface area contributed by atoms with Crippen LogP contribution in [0.2, 0.25) is 0 Å². The van der Waals surface area contributed by atoms with Gasteiger partial charge in [0.05, 0.1) is 12.0 Å². The Morgan fingerprint density at radius 1 is 1.36 bits per heavy atom. The van der Waals surface area contributed by atoms with Crippen molar-refractivity contribution in [3.63, 3.8) is 0 Å². The van der Waals surface area contributed by atoms with Crippen molar-refractivity contribution in [2.75, 3.05) is 13.1 Å². The summed E-state index contributed by atoms with van der Waals surface area (Å²) in [5.74, 6) is 1.05. The van der Waals surface area contributed by atoms with Gasteiger partial charge in [-0.1, -0.05) is 35.5 Å². The molecular weight excluding hydrogens is 280 g/mol. The van der Waals surface area contributed by atoms with Gasteiger partial charge in [-0.15, -0.1) is 0 Å². The van der Waals surface area contributed by atoms with Gasteiger partial charge in [0.25, 0.3) is 0 Å². The van der Waals surface area contributed by atoms with Gasteiger partial charge in [0.1, 0.15) is 6.42 Å². The summed E-state index contributed by atoms with van der Waals surface area (Å²) in [7, 11) is 0. The number of benzene rings is 1. The number of nitriles is 1. The van der Waals surface area contributed by atoms with Crippen LogP contribution < -0.4 is 0 Å². The van der Waals surface area contributed by atoms with Crippen molar-refractivity contribution in [2.24, 2.45) is 0 Å². The van der Waals surface area contributed by atoms with Gasteiger partial charge in [-0.05, 0) is 12.5 Å². The first kappa shape index (κ1) is 14.3. The lowest BCUT2D eigenvalue weighted by molar-refractivity contribution is -0.129. The Morgan fingerprint density at radius 2 is 2.09 bits per heavy atom. The third-order valence-corrected chi connectivity index (χ3v) is 3.99. The largest absolute Gasteiger partial charge is 0.340 e. The molecule has 1 aliphatic heterocycles. The molecule has 1 aromatic heterocycles. The minimum atomic E-state index is -0.151. The summed E-state index contributed by atoms with van der Waals surface area (Å²) in [4.78, 5) is 18.1. The normalized spacial score (nSPS) is 20.8. The second-order valence-electron chi connectivity index (χ2n) is 5.44. The highest BCUT2D eigenvalue weighted by Crippen LogP contribution is 2.39. The van der Waals surface area contributed by atoms with E-state index in [4.69, 9.17) is 9.78 Å². The highest BCUT2D eigenvalue weighted by molar-refractivity contribution is 5.78. The third kappa shape index (κ3) is 2.70. The molecule has 0 bridgehead atoms. The van der Waals surface area contributed by atoms with Crippen LogP contribution in [0.4, 0.5) is 0 Å². The van der Waals surface area contributed by atoms with Gasteiger partial charge in [-0.3, -0.25) is 4.79 Å². The molecule has 1 amide bonds. The van der Waals surface area contributed by atoms with Crippen LogP contribution in [-0.4, -0.2) is 34.0 Å². The summed E-state index contributed by atoms with van der Waals surface area (Å²) in [5.41, 5.74) is 1.13. The van der Waals surface area contributed by atoms with Crippen LogP contribution in [0.1, 0.15) is 35.5 Å². The number of hydrogen-bond donors (Lipinski definition) is 0. The van der Waals surface area contributed by atoms with Gasteiger partial charge < -0.3 is 9.42 Å². The van der Waals surface area contributed by atoms with E-state index in [0.717, 1.165) is 5.56 Å². The first-order valence-electron chi connectivity index (χ1n) is 7.19. The molecule has 0 spiro atoms. The highest BCUT2D eigenvalue weighted by atomic mass is 16.5. The van der Waals surface area contributed by atoms with E-state index in [1.807, 2.05) is 36.4 Å². The Morgan fingerprint density at radius 3 is 2.73 bits per heavy atom. The maximum absolute atomic E-state index is 12.0. The molecule has 0 saturated carbocycles. The molecule has 1 fully saturated rings. The Hall–Kier alpha value is -2.68. The minimum absolute atomic E-state index is 0.0359. The smallest absolute Gasteiger partial charge is 0.236 e. The van der Waals surface area contributed by atoms with E-state index >= 15 is 0 Å². The van der Waals surface area contributed by atoms with Crippen molar-refractivity contribution in [3.05, 3.63) is 47.6 Å². The zero-order valence-electron chi connectivity index (χ0n) is 12.3. The van der Waals surface area contributed by atoms with Gasteiger partial charge in [0.15, 0.2) is 5.82 Å². The van der Waals surface area contributed by atoms with Crippen molar-refractivity contribution in [1.29, 1.82) is 5.26 Å². The molecule has 2 unspecified atom stereocenters. The lowest BCUT2D eigenvalue weighted by atomic mass is 9.89. The molecule has 0 radical (unpaired) electrons. The molecule has 2 heterocycles. The predicted octanol–water partition coefficient (Wildman–Crippen LogP) is 2.00. The van der Waals surface area contributed by atoms with E-state index in [9.17, 15) is 4.79 Å². The highest BCUT2D eigenvalue weighted by Gasteiger charge is 2.39. The Bertz CT molecular complexity index is 704. The molecule has 22 heavy (non-hydrogen) atoms. The molecule has 6 heteroatoms. The predicted molar refractivity (Wildman–Crippen MR) is 77.8 cm³/mol. The average Bonchev–Trinajstić information content (AvgIpc) is 3.14. The SMILES string of the molecule is Cc1noc(C2CN(C(=O)CC#N)CC2c2ccccc2)n1. The van der Waals surface area contributed by atoms with E-state index in [2.05, 4.69) is 10.1 Å². The van der Waals surface area contributed by atoms with Crippen molar-refractivity contribution in [2.45, 2.75) is 25.2 Å². The second-order valence-corrected chi connectivity index (χ2v) is 5.44. The molecule has 2 atom stereocenters. The zero-order chi connectivity index (χ0) is 15.5. The zero-order valence-corrected chi connectivity index (χ0v) is 12.3. The van der Waals surface area contributed by atoms with Gasteiger partial charge in [-0.2, -0.15) is 10.2 Å². The second kappa shape index (κ2) is 5.98. The number of rotatable bonds is 3. The fourth-order valence-corrected chi connectivity index (χ4v) is 2.94. The maximum atomic E-state index is 12.0. The Balaban J connectivity index is 1.90. The quantitative estimate of drug-likeness (QED) is 0.865. The summed E-state index contributed by atoms with van der Waals surface area (Å²) in [6, 6.07) is 11.9. The average molecular weight is 296 g/mol. The molecule has 3 rings (SSSR count). The standard InChI is InChI=1S/C16H16N4O2/c1-11-18-16(22-19-11)14-10-20(15(21)7-8-17)9-13(14)12-5-3-2-4-6-12/h2-6,13-14H,7,9-10H2,1H3. The minimum Gasteiger partial charge on any atom is -0.340 e. The third-order valence-electron chi connectivity index (χ3n) is 3.99. The summed E-state index contributed by atoms with van der Waals surface area (Å²) < 4.78 is 5.32. The molecule has 2 aromatic rings. The monoisotopic (exact) mass is 296 g/mol. The van der Waals surface area contributed by atoms with Crippen LogP contribution >= 0.6 is 0 Å². The summed E-state index contributed by atoms with van der Waals surface area (Å²) >= 11 is 0. The fourth-order valence-electron chi connectivity index (χ4n) is 2.94. The summed E-state index contributed by atoms with van der Waals surface area (Å²) in [6.45, 7) is 2.84. The van der Waals surface area contributed by atoms with E-state index in [1.54, 1.807) is 11.8 Å². The molecule has 0 aliphatic carbocycles. The van der Waals surface area contributed by atoms with Gasteiger partial charge in [0.2, 0.25) is 11.8 Å². The van der Waals surface area contributed by atoms with Crippen molar-refractivity contribution < 1.29 is 9.32 Å². The Labute approximate surface area is 128 Å². The molecule has 112 valence electrons. The Kier molecular flexibility index (Phi) is 3.88. The van der Waals surface area contributed by atoms with Crippen LogP contribution in [0.5, 0.6) is 0 Å². The van der Waals surface area contributed by atoms with Crippen LogP contribution in [0.3, 0.4) is 0 Å². The number of amides is 1. The van der Waals surface area contributed by atoms with Crippen molar-refractivity contribution in [1.82, 2.24) is 15.0 Å². The lowest BCUT2D eigenvalue weighted by Gasteiger charge is -2.15. The van der Waals surface area contributed by atoms with Gasteiger partial charge in [0, 0.05) is 19.0 Å². The summed E-state index contributed by atoms with van der Waals surface area (Å²) in [6.07, 6.45) is -0.100. The number of carbonyl (C=O) groups is 1. The number of hydrogen-bond acceptors (Lipinski definition) is 5. The molecule has 1 saturated heterocycles. The molecule has 0 N–H and O–H groups in total. The van der Waals surface area contributed by atoms with Gasteiger partial charge in [-0.25, -0.2) is 0 Å².